The molecular weight excluding hydrogens is 260 g/mol. The third kappa shape index (κ3) is 2.46. The van der Waals surface area contributed by atoms with Gasteiger partial charge in [-0.25, -0.2) is 0 Å². The minimum atomic E-state index is -0.404. The van der Waals surface area contributed by atoms with Crippen molar-refractivity contribution in [1.82, 2.24) is 0 Å². The Morgan fingerprint density at radius 3 is 2.76 bits per heavy atom. The summed E-state index contributed by atoms with van der Waals surface area (Å²) in [5, 5.41) is 10.1. The quantitative estimate of drug-likeness (QED) is 0.761. The molecule has 0 unspecified atom stereocenters. The van der Waals surface area contributed by atoms with E-state index in [4.69, 9.17) is 4.74 Å². The fourth-order valence-corrected chi connectivity index (χ4v) is 5.50. The van der Waals surface area contributed by atoms with E-state index in [2.05, 4.69) is 27.4 Å². The highest BCUT2D eigenvalue weighted by Crippen LogP contribution is 2.62. The zero-order chi connectivity index (χ0) is 15.3. The first-order valence-electron chi connectivity index (χ1n) is 8.51. The highest BCUT2D eigenvalue weighted by Gasteiger charge is 2.53. The largest absolute Gasteiger partial charge is 0.498 e. The van der Waals surface area contributed by atoms with Crippen molar-refractivity contribution >= 4 is 0 Å². The van der Waals surface area contributed by atoms with Crippen molar-refractivity contribution in [2.45, 2.75) is 65.4 Å². The highest BCUT2D eigenvalue weighted by atomic mass is 16.5. The molecule has 4 atom stereocenters. The van der Waals surface area contributed by atoms with Crippen molar-refractivity contribution in [1.29, 1.82) is 0 Å². The molecule has 3 rings (SSSR count). The molecule has 2 heteroatoms. The van der Waals surface area contributed by atoms with Crippen molar-refractivity contribution in [3.63, 3.8) is 0 Å². The van der Waals surface area contributed by atoms with E-state index in [9.17, 15) is 5.11 Å². The Morgan fingerprint density at radius 2 is 2.10 bits per heavy atom. The third-order valence-corrected chi connectivity index (χ3v) is 6.68. The molecule has 0 aromatic carbocycles. The molecule has 0 bridgehead atoms. The van der Waals surface area contributed by atoms with Crippen LogP contribution in [0.15, 0.2) is 24.0 Å². The second-order valence-corrected chi connectivity index (χ2v) is 8.40. The Morgan fingerprint density at radius 1 is 1.33 bits per heavy atom. The Kier molecular flexibility index (Phi) is 3.72. The van der Waals surface area contributed by atoms with Crippen molar-refractivity contribution in [2.75, 3.05) is 6.61 Å². The second kappa shape index (κ2) is 5.15. The molecule has 1 N–H and O–H groups in total. The first-order chi connectivity index (χ1) is 9.84. The molecule has 1 aliphatic heterocycles. The van der Waals surface area contributed by atoms with Crippen LogP contribution in [0.25, 0.3) is 0 Å². The summed E-state index contributed by atoms with van der Waals surface area (Å²) in [6.45, 7) is 12.2. The Bertz CT molecular complexity index is 462. The standard InChI is InChI=1S/C19H30O2/c1-13-6-7-17-18(2,3)8-5-9-19(17,4)15(13)10-14-11-21-12-16(14)20/h11,15-17,20H,1,5-10,12H2,2-4H3/t15-,16-,17+,19-/m1/s1. The molecule has 2 saturated carbocycles. The number of aliphatic hydroxyl groups is 1. The minimum Gasteiger partial charge on any atom is -0.498 e. The number of hydrogen-bond acceptors (Lipinski definition) is 2. The lowest BCUT2D eigenvalue weighted by Gasteiger charge is -2.58. The Balaban J connectivity index is 1.88. The molecule has 2 aliphatic carbocycles. The van der Waals surface area contributed by atoms with Gasteiger partial charge in [0, 0.05) is 0 Å². The maximum Gasteiger partial charge on any atom is 0.117 e. The fourth-order valence-electron chi connectivity index (χ4n) is 5.50. The molecule has 2 nitrogen and oxygen atoms in total. The lowest BCUT2D eigenvalue weighted by Crippen LogP contribution is -2.49. The maximum absolute atomic E-state index is 10.1. The second-order valence-electron chi connectivity index (χ2n) is 8.40. The number of ether oxygens (including phenoxy) is 1. The van der Waals surface area contributed by atoms with Crippen molar-refractivity contribution in [2.24, 2.45) is 22.7 Å². The summed E-state index contributed by atoms with van der Waals surface area (Å²) in [5.41, 5.74) is 3.24. The lowest BCUT2D eigenvalue weighted by atomic mass is 9.47. The summed E-state index contributed by atoms with van der Waals surface area (Å²) in [7, 11) is 0. The summed E-state index contributed by atoms with van der Waals surface area (Å²) in [6, 6.07) is 0. The summed E-state index contributed by atoms with van der Waals surface area (Å²) >= 11 is 0. The van der Waals surface area contributed by atoms with Crippen molar-refractivity contribution in [3.8, 4) is 0 Å². The molecule has 0 radical (unpaired) electrons. The smallest absolute Gasteiger partial charge is 0.117 e. The van der Waals surface area contributed by atoms with E-state index < -0.39 is 6.10 Å². The molecular formula is C19H30O2. The lowest BCUT2D eigenvalue weighted by molar-refractivity contribution is -0.0525. The third-order valence-electron chi connectivity index (χ3n) is 6.68. The molecule has 0 aromatic heterocycles. The van der Waals surface area contributed by atoms with E-state index in [1.165, 1.54) is 31.3 Å². The number of fused-ring (bicyclic) bond motifs is 1. The monoisotopic (exact) mass is 290 g/mol. The molecule has 21 heavy (non-hydrogen) atoms. The predicted octanol–water partition coefficient (Wildman–Crippen LogP) is 4.45. The van der Waals surface area contributed by atoms with Gasteiger partial charge in [0.15, 0.2) is 0 Å². The van der Waals surface area contributed by atoms with Crippen molar-refractivity contribution < 1.29 is 9.84 Å². The number of aliphatic hydroxyl groups excluding tert-OH is 1. The molecule has 1 heterocycles. The van der Waals surface area contributed by atoms with Gasteiger partial charge in [-0.3, -0.25) is 0 Å². The van der Waals surface area contributed by atoms with Crippen molar-refractivity contribution in [3.05, 3.63) is 24.0 Å². The van der Waals surface area contributed by atoms with Crippen LogP contribution < -0.4 is 0 Å². The molecule has 2 fully saturated rings. The maximum atomic E-state index is 10.1. The summed E-state index contributed by atoms with van der Waals surface area (Å²) in [6.07, 6.45) is 8.73. The van der Waals surface area contributed by atoms with Crippen LogP contribution in [0.5, 0.6) is 0 Å². The van der Waals surface area contributed by atoms with Gasteiger partial charge >= 0.3 is 0 Å². The normalized spacial score (nSPS) is 42.2. The van der Waals surface area contributed by atoms with E-state index in [0.717, 1.165) is 24.3 Å². The Hall–Kier alpha value is -0.760. The number of hydrogen-bond donors (Lipinski definition) is 1. The van der Waals surface area contributed by atoms with Crippen LogP contribution in [0.4, 0.5) is 0 Å². The van der Waals surface area contributed by atoms with Gasteiger partial charge in [-0.2, -0.15) is 0 Å². The van der Waals surface area contributed by atoms with Gasteiger partial charge in [0.1, 0.15) is 12.7 Å². The average Bonchev–Trinajstić information content (AvgIpc) is 2.78. The fraction of sp³-hybridized carbons (Fsp3) is 0.789. The van der Waals surface area contributed by atoms with Crippen LogP contribution in [0.3, 0.4) is 0 Å². The number of allylic oxidation sites excluding steroid dienone is 1. The van der Waals surface area contributed by atoms with Gasteiger partial charge in [0.2, 0.25) is 0 Å². The average molecular weight is 290 g/mol. The topological polar surface area (TPSA) is 29.5 Å². The molecule has 0 spiro atoms. The van der Waals surface area contributed by atoms with Crippen LogP contribution in [0.1, 0.15) is 59.3 Å². The van der Waals surface area contributed by atoms with E-state index in [-0.39, 0.29) is 0 Å². The van der Waals surface area contributed by atoms with Gasteiger partial charge in [-0.15, -0.1) is 0 Å². The molecule has 0 saturated heterocycles. The first-order valence-corrected chi connectivity index (χ1v) is 8.51. The van der Waals surface area contributed by atoms with E-state index in [1.807, 2.05) is 0 Å². The Labute approximate surface area is 129 Å². The van der Waals surface area contributed by atoms with Gasteiger partial charge in [-0.05, 0) is 60.3 Å². The molecule has 118 valence electrons. The molecule has 3 aliphatic rings. The minimum absolute atomic E-state index is 0.334. The summed E-state index contributed by atoms with van der Waals surface area (Å²) < 4.78 is 5.31. The summed E-state index contributed by atoms with van der Waals surface area (Å²) in [4.78, 5) is 0. The van der Waals surface area contributed by atoms with Gasteiger partial charge in [0.25, 0.3) is 0 Å². The van der Waals surface area contributed by atoms with Gasteiger partial charge in [-0.1, -0.05) is 39.3 Å². The van der Waals surface area contributed by atoms with Crippen LogP contribution in [-0.2, 0) is 4.74 Å². The van der Waals surface area contributed by atoms with Crippen LogP contribution in [0.2, 0.25) is 0 Å². The molecule has 0 amide bonds. The van der Waals surface area contributed by atoms with Crippen LogP contribution >= 0.6 is 0 Å². The van der Waals surface area contributed by atoms with E-state index >= 15 is 0 Å². The van der Waals surface area contributed by atoms with Gasteiger partial charge in [0.05, 0.1) is 6.26 Å². The van der Waals surface area contributed by atoms with Crippen LogP contribution in [0, 0.1) is 22.7 Å². The SMILES string of the molecule is C=C1CC[C@H]2C(C)(C)CCC[C@]2(C)[C@@H]1CC1=COC[C@H]1O. The highest BCUT2D eigenvalue weighted by molar-refractivity contribution is 5.21. The van der Waals surface area contributed by atoms with Crippen LogP contribution in [-0.4, -0.2) is 17.8 Å². The first kappa shape index (κ1) is 15.1. The van der Waals surface area contributed by atoms with E-state index in [0.29, 0.717) is 23.4 Å². The number of rotatable bonds is 2. The zero-order valence-corrected chi connectivity index (χ0v) is 13.8. The predicted molar refractivity (Wildman–Crippen MR) is 85.8 cm³/mol. The zero-order valence-electron chi connectivity index (χ0n) is 13.8. The van der Waals surface area contributed by atoms with E-state index in [1.54, 1.807) is 6.26 Å². The molecule has 0 aromatic rings. The van der Waals surface area contributed by atoms with Gasteiger partial charge < -0.3 is 9.84 Å². The summed E-state index contributed by atoms with van der Waals surface area (Å²) in [5.74, 6) is 1.27.